The van der Waals surface area contributed by atoms with Crippen LogP contribution in [-0.4, -0.2) is 72.6 Å². The molecular weight excluding hydrogens is 398 g/mol. The Balaban J connectivity index is 1.83. The van der Waals surface area contributed by atoms with E-state index in [4.69, 9.17) is 0 Å². The van der Waals surface area contributed by atoms with Gasteiger partial charge in [-0.2, -0.15) is 0 Å². The molecule has 1 atom stereocenters. The lowest BCUT2D eigenvalue weighted by molar-refractivity contribution is -0.143. The number of urea groups is 1. The van der Waals surface area contributed by atoms with Crippen molar-refractivity contribution in [2.45, 2.75) is 32.2 Å². The van der Waals surface area contributed by atoms with Gasteiger partial charge in [0.2, 0.25) is 5.91 Å². The summed E-state index contributed by atoms with van der Waals surface area (Å²) in [6.07, 6.45) is 1.57. The number of nitrogens with zero attached hydrogens (tertiary/aromatic N) is 3. The first-order valence-electron chi connectivity index (χ1n) is 9.50. The molecular formula is C19H23N3O6S. The molecule has 0 aromatic heterocycles. The van der Waals surface area contributed by atoms with Gasteiger partial charge in [-0.1, -0.05) is 31.5 Å². The summed E-state index contributed by atoms with van der Waals surface area (Å²) in [6.45, 7) is 1.40. The lowest BCUT2D eigenvalue weighted by Gasteiger charge is -2.29. The summed E-state index contributed by atoms with van der Waals surface area (Å²) in [7, 11) is -3.26. The summed E-state index contributed by atoms with van der Waals surface area (Å²) >= 11 is 0. The maximum absolute atomic E-state index is 13.1. The van der Waals surface area contributed by atoms with Crippen LogP contribution in [0.2, 0.25) is 0 Å². The van der Waals surface area contributed by atoms with Crippen molar-refractivity contribution in [3.05, 3.63) is 30.3 Å². The molecule has 156 valence electrons. The van der Waals surface area contributed by atoms with Crippen molar-refractivity contribution < 1.29 is 27.6 Å². The number of anilines is 1. The number of benzene rings is 1. The SMILES string of the molecule is CCCCN1C(=O)C(=O)N(CC(=O)N(c2ccccc2)[C@@H]2CCS(=O)(=O)C2)C1=O. The number of rotatable bonds is 7. The Labute approximate surface area is 169 Å². The van der Waals surface area contributed by atoms with E-state index in [9.17, 15) is 27.6 Å². The van der Waals surface area contributed by atoms with E-state index in [2.05, 4.69) is 0 Å². The number of para-hydroxylation sites is 1. The number of hydrogen-bond acceptors (Lipinski definition) is 6. The fourth-order valence-electron chi connectivity index (χ4n) is 3.54. The number of hydrogen-bond donors (Lipinski definition) is 0. The van der Waals surface area contributed by atoms with Crippen molar-refractivity contribution in [1.29, 1.82) is 0 Å². The van der Waals surface area contributed by atoms with E-state index in [1.807, 2.05) is 6.92 Å². The van der Waals surface area contributed by atoms with Crippen molar-refractivity contribution in [2.75, 3.05) is 29.5 Å². The standard InChI is InChI=1S/C19H23N3O6S/c1-2-3-10-20-17(24)18(25)21(19(20)26)12-16(23)22(14-7-5-4-6-8-14)15-9-11-29(27,28)13-15/h4-8,15H,2-3,9-13H2,1H3/t15-/m1/s1. The van der Waals surface area contributed by atoms with Crippen LogP contribution in [0.5, 0.6) is 0 Å². The molecule has 9 nitrogen and oxygen atoms in total. The van der Waals surface area contributed by atoms with Gasteiger partial charge in [0.05, 0.1) is 17.5 Å². The first kappa shape index (κ1) is 21.0. The molecule has 1 aromatic rings. The van der Waals surface area contributed by atoms with E-state index in [1.165, 1.54) is 4.90 Å². The molecule has 0 N–H and O–H groups in total. The average Bonchev–Trinajstić information content (AvgIpc) is 3.13. The third-order valence-corrected chi connectivity index (χ3v) is 6.79. The van der Waals surface area contributed by atoms with Gasteiger partial charge in [-0.25, -0.2) is 18.1 Å². The number of amides is 5. The second-order valence-corrected chi connectivity index (χ2v) is 9.37. The molecule has 2 aliphatic heterocycles. The molecule has 5 amide bonds. The second kappa shape index (κ2) is 8.32. The van der Waals surface area contributed by atoms with Crippen LogP contribution in [0.4, 0.5) is 10.5 Å². The summed E-state index contributed by atoms with van der Waals surface area (Å²) in [5.41, 5.74) is 0.480. The van der Waals surface area contributed by atoms with Crippen LogP contribution < -0.4 is 4.90 Å². The first-order chi connectivity index (χ1) is 13.7. The molecule has 2 aliphatic rings. The fraction of sp³-hybridized carbons (Fsp3) is 0.474. The molecule has 29 heavy (non-hydrogen) atoms. The summed E-state index contributed by atoms with van der Waals surface area (Å²) in [5.74, 6) is -2.79. The van der Waals surface area contributed by atoms with Crippen LogP contribution in [0.3, 0.4) is 0 Å². The highest BCUT2D eigenvalue weighted by Crippen LogP contribution is 2.25. The zero-order valence-electron chi connectivity index (χ0n) is 16.1. The Bertz CT molecular complexity index is 931. The zero-order valence-corrected chi connectivity index (χ0v) is 16.9. The van der Waals surface area contributed by atoms with E-state index < -0.39 is 46.2 Å². The van der Waals surface area contributed by atoms with Gasteiger partial charge >= 0.3 is 17.8 Å². The van der Waals surface area contributed by atoms with E-state index >= 15 is 0 Å². The minimum atomic E-state index is -3.26. The highest BCUT2D eigenvalue weighted by molar-refractivity contribution is 7.91. The molecule has 0 radical (unpaired) electrons. The third kappa shape index (κ3) is 4.31. The Morgan fingerprint density at radius 3 is 2.34 bits per heavy atom. The molecule has 0 spiro atoms. The number of carbonyl (C=O) groups is 4. The molecule has 0 unspecified atom stereocenters. The molecule has 2 heterocycles. The van der Waals surface area contributed by atoms with Crippen molar-refractivity contribution in [2.24, 2.45) is 0 Å². The number of sulfone groups is 1. The van der Waals surface area contributed by atoms with E-state index in [0.717, 1.165) is 11.3 Å². The Morgan fingerprint density at radius 2 is 1.76 bits per heavy atom. The van der Waals surface area contributed by atoms with Gasteiger partial charge in [-0.3, -0.25) is 19.3 Å². The van der Waals surface area contributed by atoms with E-state index in [0.29, 0.717) is 17.0 Å². The van der Waals surface area contributed by atoms with Crippen molar-refractivity contribution >= 4 is 39.3 Å². The molecule has 0 bridgehead atoms. The van der Waals surface area contributed by atoms with Gasteiger partial charge < -0.3 is 4.90 Å². The average molecular weight is 421 g/mol. The summed E-state index contributed by atoms with van der Waals surface area (Å²) in [4.78, 5) is 52.7. The number of unbranched alkanes of at least 4 members (excludes halogenated alkanes) is 1. The van der Waals surface area contributed by atoms with Crippen LogP contribution in [0.15, 0.2) is 30.3 Å². The monoisotopic (exact) mass is 421 g/mol. The number of imide groups is 2. The predicted octanol–water partition coefficient (Wildman–Crippen LogP) is 0.798. The van der Waals surface area contributed by atoms with Gasteiger partial charge in [0.25, 0.3) is 0 Å². The Morgan fingerprint density at radius 1 is 1.10 bits per heavy atom. The molecule has 1 aromatic carbocycles. The van der Waals surface area contributed by atoms with E-state index in [-0.39, 0.29) is 24.5 Å². The molecule has 3 rings (SSSR count). The molecule has 2 saturated heterocycles. The van der Waals surface area contributed by atoms with Crippen molar-refractivity contribution in [3.8, 4) is 0 Å². The third-order valence-electron chi connectivity index (χ3n) is 5.04. The maximum atomic E-state index is 13.1. The minimum absolute atomic E-state index is 0.0286. The van der Waals surface area contributed by atoms with Crippen LogP contribution in [0.25, 0.3) is 0 Å². The second-order valence-electron chi connectivity index (χ2n) is 7.14. The van der Waals surface area contributed by atoms with Crippen LogP contribution in [-0.2, 0) is 24.2 Å². The van der Waals surface area contributed by atoms with Gasteiger partial charge in [0.1, 0.15) is 6.54 Å². The van der Waals surface area contributed by atoms with Crippen molar-refractivity contribution in [3.63, 3.8) is 0 Å². The quantitative estimate of drug-likeness (QED) is 0.475. The smallest absolute Gasteiger partial charge is 0.307 e. The maximum Gasteiger partial charge on any atom is 0.334 e. The lowest BCUT2D eigenvalue weighted by Crippen LogP contribution is -2.48. The van der Waals surface area contributed by atoms with Crippen LogP contribution >= 0.6 is 0 Å². The van der Waals surface area contributed by atoms with Gasteiger partial charge in [0, 0.05) is 12.2 Å². The molecule has 10 heteroatoms. The van der Waals surface area contributed by atoms with Gasteiger partial charge in [-0.05, 0) is 25.0 Å². The Kier molecular flexibility index (Phi) is 6.02. The Hall–Kier alpha value is -2.75. The molecule has 0 aliphatic carbocycles. The lowest BCUT2D eigenvalue weighted by atomic mass is 10.1. The van der Waals surface area contributed by atoms with Gasteiger partial charge in [0.15, 0.2) is 9.84 Å². The highest BCUT2D eigenvalue weighted by Gasteiger charge is 2.46. The van der Waals surface area contributed by atoms with Crippen LogP contribution in [0.1, 0.15) is 26.2 Å². The number of carbonyl (C=O) groups excluding carboxylic acids is 4. The van der Waals surface area contributed by atoms with Crippen LogP contribution in [0, 0.1) is 0 Å². The van der Waals surface area contributed by atoms with Gasteiger partial charge in [-0.15, -0.1) is 0 Å². The summed E-state index contributed by atoms with van der Waals surface area (Å²) in [6, 6.07) is 7.10. The topological polar surface area (TPSA) is 112 Å². The largest absolute Gasteiger partial charge is 0.334 e. The minimum Gasteiger partial charge on any atom is -0.307 e. The summed E-state index contributed by atoms with van der Waals surface area (Å²) in [5, 5.41) is 0. The van der Waals surface area contributed by atoms with E-state index in [1.54, 1.807) is 30.3 Å². The highest BCUT2D eigenvalue weighted by atomic mass is 32.2. The van der Waals surface area contributed by atoms with Crippen molar-refractivity contribution in [1.82, 2.24) is 9.80 Å². The first-order valence-corrected chi connectivity index (χ1v) is 11.3. The summed E-state index contributed by atoms with van der Waals surface area (Å²) < 4.78 is 23.9. The molecule has 2 fully saturated rings. The molecule has 0 saturated carbocycles. The zero-order chi connectivity index (χ0) is 21.2. The fourth-order valence-corrected chi connectivity index (χ4v) is 5.24. The predicted molar refractivity (Wildman–Crippen MR) is 105 cm³/mol. The normalized spacial score (nSPS) is 21.1.